The van der Waals surface area contributed by atoms with Crippen LogP contribution in [0.4, 0.5) is 10.1 Å². The lowest BCUT2D eigenvalue weighted by molar-refractivity contribution is 0.405. The van der Waals surface area contributed by atoms with E-state index < -0.39 is 11.6 Å². The minimum atomic E-state index is -0.696. The number of anilines is 1. The van der Waals surface area contributed by atoms with Crippen LogP contribution in [0.3, 0.4) is 0 Å². The van der Waals surface area contributed by atoms with E-state index in [1.165, 1.54) is 12.1 Å². The summed E-state index contributed by atoms with van der Waals surface area (Å²) in [6.45, 7) is 0.169. The number of rotatable bonds is 5. The lowest BCUT2D eigenvalue weighted by Crippen LogP contribution is -2.23. The molecule has 0 atom stereocenters. The van der Waals surface area contributed by atoms with Crippen molar-refractivity contribution in [3.05, 3.63) is 47.8 Å². The molecule has 0 radical (unpaired) electrons. The number of phenols is 1. The molecule has 2 aromatic carbocycles. The average molecular weight is 319 g/mol. The van der Waals surface area contributed by atoms with Crippen LogP contribution in [0.5, 0.6) is 17.2 Å². The zero-order valence-electron chi connectivity index (χ0n) is 12.8. The lowest BCUT2D eigenvalue weighted by atomic mass is 10.2. The number of hydrogen-bond acceptors (Lipinski definition) is 4. The van der Waals surface area contributed by atoms with E-state index in [4.69, 9.17) is 20.3 Å². The summed E-state index contributed by atoms with van der Waals surface area (Å²) in [5, 5.41) is 12.1. The van der Waals surface area contributed by atoms with Crippen LogP contribution in [0.25, 0.3) is 0 Å². The molecule has 2 aromatic rings. The van der Waals surface area contributed by atoms with Crippen molar-refractivity contribution < 1.29 is 19.0 Å². The van der Waals surface area contributed by atoms with Crippen LogP contribution >= 0.6 is 0 Å². The van der Waals surface area contributed by atoms with E-state index in [1.54, 1.807) is 38.5 Å². The molecule has 23 heavy (non-hydrogen) atoms. The summed E-state index contributed by atoms with van der Waals surface area (Å²) in [5.41, 5.74) is 7.02. The van der Waals surface area contributed by atoms with Gasteiger partial charge in [-0.25, -0.2) is 9.38 Å². The van der Waals surface area contributed by atoms with Gasteiger partial charge in [0, 0.05) is 6.07 Å². The molecule has 2 rings (SSSR count). The summed E-state index contributed by atoms with van der Waals surface area (Å²) in [4.78, 5) is 4.13. The number of aliphatic imine (C=N–C) groups is 1. The van der Waals surface area contributed by atoms with Crippen molar-refractivity contribution in [1.29, 1.82) is 0 Å². The summed E-state index contributed by atoms with van der Waals surface area (Å²) >= 11 is 0. The Morgan fingerprint density at radius 3 is 2.65 bits per heavy atom. The fourth-order valence-electron chi connectivity index (χ4n) is 1.91. The predicted molar refractivity (Wildman–Crippen MR) is 86.6 cm³/mol. The number of benzene rings is 2. The SMILES string of the molecule is COc1ccc(OC)c(NC(N)=NCc2ccc(O)c(F)c2)c1. The topological polar surface area (TPSA) is 89.1 Å². The van der Waals surface area contributed by atoms with Gasteiger partial charge in [0.25, 0.3) is 0 Å². The molecule has 0 heterocycles. The van der Waals surface area contributed by atoms with Crippen molar-refractivity contribution in [2.75, 3.05) is 19.5 Å². The second-order valence-electron chi connectivity index (χ2n) is 4.68. The van der Waals surface area contributed by atoms with Gasteiger partial charge in [-0.1, -0.05) is 6.07 Å². The minimum Gasteiger partial charge on any atom is -0.505 e. The minimum absolute atomic E-state index is 0.144. The van der Waals surface area contributed by atoms with E-state index in [0.717, 1.165) is 0 Å². The molecule has 0 saturated carbocycles. The fourth-order valence-corrected chi connectivity index (χ4v) is 1.91. The quantitative estimate of drug-likeness (QED) is 0.582. The molecule has 0 fully saturated rings. The summed E-state index contributed by atoms with van der Waals surface area (Å²) in [6.07, 6.45) is 0. The Balaban J connectivity index is 2.11. The van der Waals surface area contributed by atoms with Crippen LogP contribution in [-0.2, 0) is 6.54 Å². The molecule has 0 aliphatic heterocycles. The van der Waals surface area contributed by atoms with Gasteiger partial charge in [-0.3, -0.25) is 0 Å². The van der Waals surface area contributed by atoms with E-state index in [1.807, 2.05) is 0 Å². The van der Waals surface area contributed by atoms with Crippen molar-refractivity contribution in [3.8, 4) is 17.2 Å². The number of phenolic OH excluding ortho intramolecular Hbond substituents is 1. The normalized spacial score (nSPS) is 11.2. The number of nitrogens with two attached hydrogens (primary N) is 1. The van der Waals surface area contributed by atoms with Gasteiger partial charge < -0.3 is 25.6 Å². The fraction of sp³-hybridized carbons (Fsp3) is 0.188. The third-order valence-electron chi connectivity index (χ3n) is 3.11. The standard InChI is InChI=1S/C16H18FN3O3/c1-22-11-4-6-15(23-2)13(8-11)20-16(18)19-9-10-3-5-14(21)12(17)7-10/h3-8,21H,9H2,1-2H3,(H3,18,19,20). The zero-order chi connectivity index (χ0) is 16.8. The Labute approximate surface area is 133 Å². The molecule has 0 aliphatic rings. The second-order valence-corrected chi connectivity index (χ2v) is 4.68. The Morgan fingerprint density at radius 1 is 1.22 bits per heavy atom. The maximum Gasteiger partial charge on any atom is 0.193 e. The molecule has 0 aliphatic carbocycles. The highest BCUT2D eigenvalue weighted by atomic mass is 19.1. The molecule has 6 nitrogen and oxygen atoms in total. The van der Waals surface area contributed by atoms with Crippen LogP contribution < -0.4 is 20.5 Å². The number of guanidine groups is 1. The van der Waals surface area contributed by atoms with Gasteiger partial charge in [0.1, 0.15) is 11.5 Å². The van der Waals surface area contributed by atoms with Crippen LogP contribution in [-0.4, -0.2) is 25.3 Å². The van der Waals surface area contributed by atoms with Gasteiger partial charge in [-0.05, 0) is 29.8 Å². The maximum atomic E-state index is 13.3. The van der Waals surface area contributed by atoms with Gasteiger partial charge in [0.05, 0.1) is 26.5 Å². The monoisotopic (exact) mass is 319 g/mol. The Hall–Kier alpha value is -2.96. The molecule has 0 bridgehead atoms. The maximum absolute atomic E-state index is 13.3. The molecule has 0 unspecified atom stereocenters. The van der Waals surface area contributed by atoms with Crippen LogP contribution in [0.1, 0.15) is 5.56 Å². The summed E-state index contributed by atoms with van der Waals surface area (Å²) in [6, 6.07) is 9.27. The van der Waals surface area contributed by atoms with Gasteiger partial charge in [0.2, 0.25) is 0 Å². The summed E-state index contributed by atoms with van der Waals surface area (Å²) in [5.74, 6) is 0.273. The van der Waals surface area contributed by atoms with Gasteiger partial charge in [-0.15, -0.1) is 0 Å². The number of halogens is 1. The van der Waals surface area contributed by atoms with Crippen molar-refractivity contribution in [2.45, 2.75) is 6.54 Å². The number of aromatic hydroxyl groups is 1. The molecule has 0 saturated heterocycles. The molecular formula is C16H18FN3O3. The highest BCUT2D eigenvalue weighted by Crippen LogP contribution is 2.28. The molecule has 4 N–H and O–H groups in total. The van der Waals surface area contributed by atoms with E-state index >= 15 is 0 Å². The van der Waals surface area contributed by atoms with Crippen molar-refractivity contribution in [1.82, 2.24) is 0 Å². The first-order valence-corrected chi connectivity index (χ1v) is 6.80. The Morgan fingerprint density at radius 2 is 2.00 bits per heavy atom. The van der Waals surface area contributed by atoms with Crippen molar-refractivity contribution in [2.24, 2.45) is 10.7 Å². The zero-order valence-corrected chi connectivity index (χ0v) is 12.8. The molecule has 0 aromatic heterocycles. The first-order valence-electron chi connectivity index (χ1n) is 6.80. The predicted octanol–water partition coefficient (Wildman–Crippen LogP) is 2.48. The van der Waals surface area contributed by atoms with E-state index in [0.29, 0.717) is 22.7 Å². The van der Waals surface area contributed by atoms with Gasteiger partial charge in [0.15, 0.2) is 17.5 Å². The third-order valence-corrected chi connectivity index (χ3v) is 3.11. The first kappa shape index (κ1) is 16.4. The van der Waals surface area contributed by atoms with E-state index in [-0.39, 0.29) is 12.5 Å². The van der Waals surface area contributed by atoms with E-state index in [9.17, 15) is 4.39 Å². The van der Waals surface area contributed by atoms with Gasteiger partial charge >= 0.3 is 0 Å². The molecule has 0 amide bonds. The molecule has 0 spiro atoms. The Kier molecular flexibility index (Phi) is 5.24. The Bertz CT molecular complexity index is 720. The summed E-state index contributed by atoms with van der Waals surface area (Å²) < 4.78 is 23.6. The second kappa shape index (κ2) is 7.35. The van der Waals surface area contributed by atoms with E-state index in [2.05, 4.69) is 10.3 Å². The number of methoxy groups -OCH3 is 2. The number of nitrogens with one attached hydrogen (secondary N) is 1. The summed E-state index contributed by atoms with van der Waals surface area (Å²) in [7, 11) is 3.10. The van der Waals surface area contributed by atoms with Crippen LogP contribution in [0, 0.1) is 5.82 Å². The molecular weight excluding hydrogens is 301 g/mol. The number of nitrogens with zero attached hydrogens (tertiary/aromatic N) is 1. The number of hydrogen-bond donors (Lipinski definition) is 3. The lowest BCUT2D eigenvalue weighted by Gasteiger charge is -2.12. The highest BCUT2D eigenvalue weighted by molar-refractivity contribution is 5.94. The van der Waals surface area contributed by atoms with Crippen molar-refractivity contribution >= 4 is 11.6 Å². The van der Waals surface area contributed by atoms with Gasteiger partial charge in [-0.2, -0.15) is 0 Å². The third kappa shape index (κ3) is 4.26. The molecule has 122 valence electrons. The largest absolute Gasteiger partial charge is 0.505 e. The molecule has 7 heteroatoms. The van der Waals surface area contributed by atoms with Crippen LogP contribution in [0.2, 0.25) is 0 Å². The first-order chi connectivity index (χ1) is 11.0. The average Bonchev–Trinajstić information content (AvgIpc) is 2.55. The highest BCUT2D eigenvalue weighted by Gasteiger charge is 2.06. The van der Waals surface area contributed by atoms with Crippen LogP contribution in [0.15, 0.2) is 41.4 Å². The number of ether oxygens (including phenoxy) is 2. The smallest absolute Gasteiger partial charge is 0.193 e. The van der Waals surface area contributed by atoms with Crippen molar-refractivity contribution in [3.63, 3.8) is 0 Å².